The Balaban J connectivity index is 1.30. The van der Waals surface area contributed by atoms with Crippen LogP contribution in [0, 0.1) is 11.8 Å². The fourth-order valence-corrected chi connectivity index (χ4v) is 6.53. The molecule has 0 bridgehead atoms. The smallest absolute Gasteiger partial charge is 0.242 e. The van der Waals surface area contributed by atoms with Gasteiger partial charge in [0.1, 0.15) is 18.7 Å². The second kappa shape index (κ2) is 10.5. The van der Waals surface area contributed by atoms with Crippen LogP contribution >= 0.6 is 0 Å². The molecular formula is C29H35N7O. The lowest BCUT2D eigenvalue weighted by Gasteiger charge is -2.43. The van der Waals surface area contributed by atoms with E-state index < -0.39 is 0 Å². The standard InChI is InChI=1S/C29H35N7O/c1-2-23(26-16-32-27-9-8-22(14-24(26)27)36-18-33-34-19-36)25-15-30-11-10-21(25)17-35-13-12-31-29(37)28(35)20-6-4-3-5-7-20/h3-9,14,16,18-19,21,23,25,28,30,32H,2,10-13,15,17H2,1H3,(H,31,37). The Morgan fingerprint density at radius 1 is 1.08 bits per heavy atom. The molecule has 2 aliphatic rings. The first-order valence-corrected chi connectivity index (χ1v) is 13.5. The highest BCUT2D eigenvalue weighted by Crippen LogP contribution is 2.40. The van der Waals surface area contributed by atoms with Crippen molar-refractivity contribution in [1.29, 1.82) is 0 Å². The van der Waals surface area contributed by atoms with Gasteiger partial charge in [0.2, 0.25) is 5.91 Å². The lowest BCUT2D eigenvalue weighted by molar-refractivity contribution is -0.129. The van der Waals surface area contributed by atoms with Crippen molar-refractivity contribution in [3.05, 3.63) is 78.5 Å². The molecule has 2 aliphatic heterocycles. The van der Waals surface area contributed by atoms with E-state index in [2.05, 4.69) is 74.2 Å². The number of piperidine rings is 1. The largest absolute Gasteiger partial charge is 0.361 e. The predicted molar refractivity (Wildman–Crippen MR) is 144 cm³/mol. The van der Waals surface area contributed by atoms with Gasteiger partial charge in [0.05, 0.1) is 0 Å². The minimum absolute atomic E-state index is 0.119. The normalized spacial score (nSPS) is 23.7. The molecule has 1 amide bonds. The molecule has 0 radical (unpaired) electrons. The van der Waals surface area contributed by atoms with E-state index in [4.69, 9.17) is 0 Å². The summed E-state index contributed by atoms with van der Waals surface area (Å²) in [5.41, 5.74) is 4.68. The molecular weight excluding hydrogens is 462 g/mol. The fraction of sp³-hybridized carbons (Fsp3) is 0.414. The van der Waals surface area contributed by atoms with E-state index in [-0.39, 0.29) is 11.9 Å². The number of amides is 1. The van der Waals surface area contributed by atoms with E-state index in [1.165, 1.54) is 10.9 Å². The number of benzene rings is 2. The summed E-state index contributed by atoms with van der Waals surface area (Å²) in [7, 11) is 0. The molecule has 2 aromatic carbocycles. The number of rotatable bonds is 7. The molecule has 37 heavy (non-hydrogen) atoms. The Hall–Kier alpha value is -3.49. The molecule has 0 spiro atoms. The summed E-state index contributed by atoms with van der Waals surface area (Å²) < 4.78 is 1.95. The Labute approximate surface area is 217 Å². The quantitative estimate of drug-likeness (QED) is 0.363. The predicted octanol–water partition coefficient (Wildman–Crippen LogP) is 3.64. The molecule has 4 atom stereocenters. The van der Waals surface area contributed by atoms with E-state index in [0.29, 0.717) is 24.3 Å². The van der Waals surface area contributed by atoms with Crippen LogP contribution in [0.1, 0.15) is 42.9 Å². The molecule has 2 fully saturated rings. The van der Waals surface area contributed by atoms with Crippen LogP contribution < -0.4 is 10.6 Å². The second-order valence-corrected chi connectivity index (χ2v) is 10.4. The van der Waals surface area contributed by atoms with E-state index in [0.717, 1.165) is 55.8 Å². The molecule has 2 aromatic heterocycles. The maximum absolute atomic E-state index is 13.0. The van der Waals surface area contributed by atoms with Crippen molar-refractivity contribution in [2.24, 2.45) is 11.8 Å². The number of nitrogens with one attached hydrogen (secondary N) is 3. The summed E-state index contributed by atoms with van der Waals surface area (Å²) in [6.45, 7) is 6.86. The van der Waals surface area contributed by atoms with Gasteiger partial charge in [-0.15, -0.1) is 10.2 Å². The maximum Gasteiger partial charge on any atom is 0.242 e. The van der Waals surface area contributed by atoms with Crippen molar-refractivity contribution in [3.8, 4) is 5.69 Å². The molecule has 0 aliphatic carbocycles. The number of carbonyl (C=O) groups excluding carboxylic acids is 1. The summed E-state index contributed by atoms with van der Waals surface area (Å²) in [5.74, 6) is 1.52. The van der Waals surface area contributed by atoms with Crippen molar-refractivity contribution >= 4 is 16.8 Å². The highest BCUT2D eigenvalue weighted by Gasteiger charge is 2.38. The number of carbonyl (C=O) groups is 1. The minimum atomic E-state index is -0.218. The van der Waals surface area contributed by atoms with Crippen LogP contribution in [0.3, 0.4) is 0 Å². The number of hydrogen-bond acceptors (Lipinski definition) is 5. The van der Waals surface area contributed by atoms with Crippen LogP contribution in [0.5, 0.6) is 0 Å². The Morgan fingerprint density at radius 2 is 1.92 bits per heavy atom. The number of piperazine rings is 1. The van der Waals surface area contributed by atoms with E-state index in [1.807, 2.05) is 22.8 Å². The topological polar surface area (TPSA) is 90.9 Å². The first-order chi connectivity index (χ1) is 18.2. The molecule has 4 unspecified atom stereocenters. The zero-order chi connectivity index (χ0) is 25.2. The van der Waals surface area contributed by atoms with Crippen molar-refractivity contribution in [3.63, 3.8) is 0 Å². The Kier molecular flexibility index (Phi) is 6.76. The highest BCUT2D eigenvalue weighted by molar-refractivity contribution is 5.86. The van der Waals surface area contributed by atoms with Gasteiger partial charge in [-0.05, 0) is 73.0 Å². The zero-order valence-electron chi connectivity index (χ0n) is 21.3. The summed E-state index contributed by atoms with van der Waals surface area (Å²) >= 11 is 0. The van der Waals surface area contributed by atoms with Gasteiger partial charge in [-0.25, -0.2) is 0 Å². The summed E-state index contributed by atoms with van der Waals surface area (Å²) in [5, 5.41) is 16.0. The first kappa shape index (κ1) is 23.9. The van der Waals surface area contributed by atoms with Gasteiger partial charge in [-0.3, -0.25) is 14.3 Å². The number of fused-ring (bicyclic) bond motifs is 1. The average Bonchev–Trinajstić information content (AvgIpc) is 3.61. The van der Waals surface area contributed by atoms with Crippen molar-refractivity contribution in [1.82, 2.24) is 35.3 Å². The van der Waals surface area contributed by atoms with E-state index >= 15 is 0 Å². The molecule has 2 saturated heterocycles. The van der Waals surface area contributed by atoms with Gasteiger partial charge in [-0.1, -0.05) is 37.3 Å². The number of nitrogens with zero attached hydrogens (tertiary/aromatic N) is 4. The van der Waals surface area contributed by atoms with Gasteiger partial charge in [0, 0.05) is 42.4 Å². The third-order valence-corrected chi connectivity index (χ3v) is 8.34. The molecule has 4 heterocycles. The number of hydrogen-bond donors (Lipinski definition) is 3. The molecule has 6 rings (SSSR count). The number of H-pyrrole nitrogens is 1. The number of aromatic nitrogens is 4. The van der Waals surface area contributed by atoms with Gasteiger partial charge >= 0.3 is 0 Å². The fourth-order valence-electron chi connectivity index (χ4n) is 6.53. The van der Waals surface area contributed by atoms with Crippen LogP contribution in [0.15, 0.2) is 67.4 Å². The molecule has 8 heteroatoms. The van der Waals surface area contributed by atoms with Gasteiger partial charge in [0.15, 0.2) is 0 Å². The summed E-state index contributed by atoms with van der Waals surface area (Å²) in [6, 6.07) is 16.5. The van der Waals surface area contributed by atoms with Gasteiger partial charge in [0.25, 0.3) is 0 Å². The highest BCUT2D eigenvalue weighted by atomic mass is 16.2. The monoisotopic (exact) mass is 497 g/mol. The minimum Gasteiger partial charge on any atom is -0.361 e. The van der Waals surface area contributed by atoms with Crippen LogP contribution in [0.4, 0.5) is 0 Å². The first-order valence-electron chi connectivity index (χ1n) is 13.5. The third-order valence-electron chi connectivity index (χ3n) is 8.34. The van der Waals surface area contributed by atoms with E-state index in [9.17, 15) is 4.79 Å². The SMILES string of the molecule is CCC(c1c[nH]c2ccc(-n3cnnc3)cc12)C1CNCCC1CN1CCNC(=O)C1c1ccccc1. The van der Waals surface area contributed by atoms with Crippen molar-refractivity contribution in [2.75, 3.05) is 32.7 Å². The van der Waals surface area contributed by atoms with Crippen molar-refractivity contribution in [2.45, 2.75) is 31.7 Å². The summed E-state index contributed by atoms with van der Waals surface area (Å²) in [4.78, 5) is 18.9. The summed E-state index contributed by atoms with van der Waals surface area (Å²) in [6.07, 6.45) is 7.87. The maximum atomic E-state index is 13.0. The molecule has 192 valence electrons. The molecule has 4 aromatic rings. The number of aromatic amines is 1. The third kappa shape index (κ3) is 4.67. The van der Waals surface area contributed by atoms with Crippen LogP contribution in [0.25, 0.3) is 16.6 Å². The van der Waals surface area contributed by atoms with Crippen LogP contribution in [-0.2, 0) is 4.79 Å². The molecule has 8 nitrogen and oxygen atoms in total. The Bertz CT molecular complexity index is 1330. The van der Waals surface area contributed by atoms with Crippen LogP contribution in [-0.4, -0.2) is 63.3 Å². The lowest BCUT2D eigenvalue weighted by atomic mass is 9.73. The van der Waals surface area contributed by atoms with Gasteiger partial charge < -0.3 is 15.6 Å². The Morgan fingerprint density at radius 3 is 2.73 bits per heavy atom. The van der Waals surface area contributed by atoms with E-state index in [1.54, 1.807) is 12.7 Å². The second-order valence-electron chi connectivity index (χ2n) is 10.4. The lowest BCUT2D eigenvalue weighted by Crippen LogP contribution is -2.53. The van der Waals surface area contributed by atoms with Gasteiger partial charge in [-0.2, -0.15) is 0 Å². The van der Waals surface area contributed by atoms with Crippen molar-refractivity contribution < 1.29 is 4.79 Å². The molecule has 3 N–H and O–H groups in total. The zero-order valence-corrected chi connectivity index (χ0v) is 21.3. The average molecular weight is 498 g/mol. The molecule has 0 saturated carbocycles. The van der Waals surface area contributed by atoms with Crippen LogP contribution in [0.2, 0.25) is 0 Å².